The van der Waals surface area contributed by atoms with E-state index in [1.54, 1.807) is 6.08 Å². The summed E-state index contributed by atoms with van der Waals surface area (Å²) in [6, 6.07) is 0. The highest BCUT2D eigenvalue weighted by atomic mass is 127. The normalized spacial score (nSPS) is 15.2. The van der Waals surface area contributed by atoms with Crippen LogP contribution in [0, 0.1) is 0 Å². The van der Waals surface area contributed by atoms with Crippen LogP contribution in [0.4, 0.5) is 0 Å². The number of nitrogens with two attached hydrogens (primary N) is 1. The molecule has 0 bridgehead atoms. The summed E-state index contributed by atoms with van der Waals surface area (Å²) in [5, 5.41) is 0. The molecule has 1 unspecified atom stereocenters. The first-order valence-electron chi connectivity index (χ1n) is 2.51. The highest BCUT2D eigenvalue weighted by molar-refractivity contribution is 14.1. The predicted molar refractivity (Wildman–Crippen MR) is 47.0 cm³/mol. The average molecular weight is 239 g/mol. The lowest BCUT2D eigenvalue weighted by molar-refractivity contribution is 0.148. The number of alkyl halides is 1. The summed E-state index contributed by atoms with van der Waals surface area (Å²) in [5.41, 5.74) is 1.06. The molecule has 9 heavy (non-hydrogen) atoms. The molecular weight excluding hydrogens is 229 g/mol. The van der Waals surface area contributed by atoms with Gasteiger partial charge >= 0.3 is 0 Å². The Labute approximate surface area is 68.9 Å². The minimum atomic E-state index is -0.0411. The summed E-state index contributed by atoms with van der Waals surface area (Å²) >= 11 is 2.09. The van der Waals surface area contributed by atoms with Crippen molar-refractivity contribution in [2.45, 2.75) is 11.0 Å². The molecule has 0 aromatic rings. The molecule has 1 atom stereocenters. The second-order valence-electron chi connectivity index (χ2n) is 1.60. The lowest BCUT2D eigenvalue weighted by Crippen LogP contribution is -2.10. The van der Waals surface area contributed by atoms with Crippen LogP contribution in [0.2, 0.25) is 0 Å². The maximum atomic E-state index is 4.92. The molecule has 0 aliphatic carbocycles. The van der Waals surface area contributed by atoms with Gasteiger partial charge in [-0.25, -0.2) is 5.90 Å². The van der Waals surface area contributed by atoms with E-state index in [0.717, 1.165) is 5.57 Å². The minimum absolute atomic E-state index is 0.0411. The summed E-state index contributed by atoms with van der Waals surface area (Å²) in [6.45, 7) is 5.48. The highest BCUT2D eigenvalue weighted by Gasteiger charge is 2.01. The monoisotopic (exact) mass is 239 g/mol. The zero-order chi connectivity index (χ0) is 7.28. The Morgan fingerprint density at radius 3 is 2.78 bits per heavy atom. The molecule has 0 radical (unpaired) electrons. The van der Waals surface area contributed by atoms with Gasteiger partial charge in [0.1, 0.15) is 0 Å². The van der Waals surface area contributed by atoms with E-state index in [0.29, 0.717) is 0 Å². The van der Waals surface area contributed by atoms with E-state index < -0.39 is 0 Å². The maximum absolute atomic E-state index is 4.92. The third-order valence-electron chi connectivity index (χ3n) is 0.858. The molecule has 0 fully saturated rings. The molecule has 0 spiro atoms. The molecule has 52 valence electrons. The zero-order valence-electron chi connectivity index (χ0n) is 5.30. The Morgan fingerprint density at radius 2 is 2.44 bits per heavy atom. The van der Waals surface area contributed by atoms with Crippen LogP contribution in [-0.4, -0.2) is 4.11 Å². The van der Waals surface area contributed by atoms with Crippen molar-refractivity contribution in [3.05, 3.63) is 24.3 Å². The number of hydrogen-bond donors (Lipinski definition) is 1. The van der Waals surface area contributed by atoms with E-state index in [2.05, 4.69) is 34.0 Å². The van der Waals surface area contributed by atoms with Crippen molar-refractivity contribution in [3.8, 4) is 0 Å². The Morgan fingerprint density at radius 1 is 1.89 bits per heavy atom. The first-order chi connectivity index (χ1) is 4.22. The van der Waals surface area contributed by atoms with Crippen LogP contribution in [0.25, 0.3) is 0 Å². The fourth-order valence-electron chi connectivity index (χ4n) is 0.369. The molecule has 0 saturated carbocycles. The Hall–Kier alpha value is 0.130. The SMILES string of the molecule is C=C/C=C(\C)C(I)ON. The predicted octanol–water partition coefficient (Wildman–Crippen LogP) is 1.77. The lowest BCUT2D eigenvalue weighted by atomic mass is 10.3. The van der Waals surface area contributed by atoms with Crippen molar-refractivity contribution in [3.63, 3.8) is 0 Å². The van der Waals surface area contributed by atoms with E-state index in [-0.39, 0.29) is 4.11 Å². The third kappa shape index (κ3) is 3.66. The van der Waals surface area contributed by atoms with E-state index >= 15 is 0 Å². The molecule has 0 amide bonds. The van der Waals surface area contributed by atoms with E-state index in [4.69, 9.17) is 5.90 Å². The second-order valence-corrected chi connectivity index (χ2v) is 2.73. The summed E-state index contributed by atoms with van der Waals surface area (Å²) in [7, 11) is 0. The van der Waals surface area contributed by atoms with Crippen LogP contribution >= 0.6 is 22.6 Å². The number of hydrogen-bond acceptors (Lipinski definition) is 2. The molecule has 2 N–H and O–H groups in total. The molecule has 0 aromatic heterocycles. The molecule has 0 aliphatic heterocycles. The van der Waals surface area contributed by atoms with Gasteiger partial charge in [0.25, 0.3) is 0 Å². The van der Waals surface area contributed by atoms with Crippen LogP contribution in [0.3, 0.4) is 0 Å². The molecule has 0 aliphatic rings. The standard InChI is InChI=1S/C6H10INO/c1-3-4-5(2)6(7)9-8/h3-4,6H,1,8H2,2H3/b5-4+. The van der Waals surface area contributed by atoms with Crippen LogP contribution in [-0.2, 0) is 4.84 Å². The van der Waals surface area contributed by atoms with Gasteiger partial charge in [0.15, 0.2) is 4.11 Å². The smallest absolute Gasteiger partial charge is 0.150 e. The fourth-order valence-corrected chi connectivity index (χ4v) is 0.576. The van der Waals surface area contributed by atoms with Gasteiger partial charge in [-0.15, -0.1) is 0 Å². The van der Waals surface area contributed by atoms with Crippen molar-refractivity contribution >= 4 is 22.6 Å². The first kappa shape index (κ1) is 9.13. The van der Waals surface area contributed by atoms with Gasteiger partial charge in [0, 0.05) is 0 Å². The van der Waals surface area contributed by atoms with Crippen molar-refractivity contribution < 1.29 is 4.84 Å². The molecular formula is C6H10INO. The number of halogens is 1. The highest BCUT2D eigenvalue weighted by Crippen LogP contribution is 2.10. The average Bonchev–Trinajstić information content (AvgIpc) is 1.87. The van der Waals surface area contributed by atoms with E-state index in [1.165, 1.54) is 0 Å². The van der Waals surface area contributed by atoms with Gasteiger partial charge < -0.3 is 0 Å². The maximum Gasteiger partial charge on any atom is 0.150 e. The van der Waals surface area contributed by atoms with Crippen molar-refractivity contribution in [1.29, 1.82) is 0 Å². The summed E-state index contributed by atoms with van der Waals surface area (Å²) < 4.78 is -0.0411. The van der Waals surface area contributed by atoms with Crippen LogP contribution < -0.4 is 5.90 Å². The molecule has 3 heteroatoms. The third-order valence-corrected chi connectivity index (χ3v) is 2.13. The van der Waals surface area contributed by atoms with Gasteiger partial charge in [-0.05, 0) is 35.1 Å². The van der Waals surface area contributed by atoms with Crippen LogP contribution in [0.5, 0.6) is 0 Å². The van der Waals surface area contributed by atoms with Crippen molar-refractivity contribution in [2.24, 2.45) is 5.90 Å². The zero-order valence-corrected chi connectivity index (χ0v) is 7.46. The first-order valence-corrected chi connectivity index (χ1v) is 3.75. The van der Waals surface area contributed by atoms with Gasteiger partial charge in [0.2, 0.25) is 0 Å². The number of rotatable bonds is 3. The number of allylic oxidation sites excluding steroid dienone is 2. The molecule has 0 heterocycles. The minimum Gasteiger partial charge on any atom is -0.286 e. The molecule has 0 saturated heterocycles. The van der Waals surface area contributed by atoms with E-state index in [9.17, 15) is 0 Å². The second kappa shape index (κ2) is 4.96. The Balaban J connectivity index is 3.84. The van der Waals surface area contributed by atoms with Crippen molar-refractivity contribution in [2.75, 3.05) is 0 Å². The Kier molecular flexibility index (Phi) is 5.03. The van der Waals surface area contributed by atoms with Gasteiger partial charge in [0.05, 0.1) is 0 Å². The van der Waals surface area contributed by atoms with Crippen molar-refractivity contribution in [1.82, 2.24) is 0 Å². The van der Waals surface area contributed by atoms with Crippen LogP contribution in [0.15, 0.2) is 24.3 Å². The molecule has 0 rings (SSSR count). The molecule has 0 aromatic carbocycles. The Bertz CT molecular complexity index is 122. The summed E-state index contributed by atoms with van der Waals surface area (Å²) in [4.78, 5) is 4.54. The van der Waals surface area contributed by atoms with Gasteiger partial charge in [-0.2, -0.15) is 0 Å². The van der Waals surface area contributed by atoms with Crippen LogP contribution in [0.1, 0.15) is 6.92 Å². The quantitative estimate of drug-likeness (QED) is 0.352. The fraction of sp³-hybridized carbons (Fsp3) is 0.333. The van der Waals surface area contributed by atoms with E-state index in [1.807, 2.05) is 13.0 Å². The van der Waals surface area contributed by atoms with Gasteiger partial charge in [-0.1, -0.05) is 18.7 Å². The largest absolute Gasteiger partial charge is 0.286 e. The van der Waals surface area contributed by atoms with Gasteiger partial charge in [-0.3, -0.25) is 4.84 Å². The summed E-state index contributed by atoms with van der Waals surface area (Å²) in [5.74, 6) is 4.92. The summed E-state index contributed by atoms with van der Waals surface area (Å²) in [6.07, 6.45) is 3.57. The lowest BCUT2D eigenvalue weighted by Gasteiger charge is -2.04. The topological polar surface area (TPSA) is 35.2 Å². The molecule has 2 nitrogen and oxygen atoms in total.